The van der Waals surface area contributed by atoms with E-state index in [0.29, 0.717) is 18.1 Å². The molecule has 1 aliphatic heterocycles. The average molecular weight is 330 g/mol. The molecule has 3 rings (SSSR count). The Morgan fingerprint density at radius 3 is 2.83 bits per heavy atom. The van der Waals surface area contributed by atoms with Crippen LogP contribution in [-0.2, 0) is 15.7 Å². The number of fused-ring (bicyclic) bond motifs is 1. The summed E-state index contributed by atoms with van der Waals surface area (Å²) in [7, 11) is 0. The molecule has 1 unspecified atom stereocenters. The van der Waals surface area contributed by atoms with Crippen molar-refractivity contribution in [2.75, 3.05) is 24.6 Å². The van der Waals surface area contributed by atoms with Crippen LogP contribution in [0.4, 0.5) is 19.0 Å². The highest BCUT2D eigenvalue weighted by Gasteiger charge is 2.37. The Morgan fingerprint density at radius 1 is 1.43 bits per heavy atom. The predicted octanol–water partition coefficient (Wildman–Crippen LogP) is 0.142. The van der Waals surface area contributed by atoms with Gasteiger partial charge in [-0.25, -0.2) is 4.98 Å². The van der Waals surface area contributed by atoms with Crippen molar-refractivity contribution >= 4 is 17.5 Å². The summed E-state index contributed by atoms with van der Waals surface area (Å²) in [5.74, 6) is -1.71. The van der Waals surface area contributed by atoms with E-state index in [4.69, 9.17) is 10.5 Å². The van der Waals surface area contributed by atoms with Crippen LogP contribution < -0.4 is 10.6 Å². The van der Waals surface area contributed by atoms with Crippen molar-refractivity contribution in [2.24, 2.45) is 5.73 Å². The summed E-state index contributed by atoms with van der Waals surface area (Å²) < 4.78 is 44.7. The number of amides is 1. The van der Waals surface area contributed by atoms with E-state index >= 15 is 0 Å². The van der Waals surface area contributed by atoms with Gasteiger partial charge in [0.15, 0.2) is 6.10 Å². The number of hydrogen-bond donors (Lipinski definition) is 1. The minimum Gasteiger partial charge on any atom is -0.367 e. The summed E-state index contributed by atoms with van der Waals surface area (Å²) in [6.45, 7) is 2.35. The first-order chi connectivity index (χ1) is 10.8. The molecule has 0 saturated carbocycles. The van der Waals surface area contributed by atoms with E-state index < -0.39 is 24.0 Å². The number of carbonyl (C=O) groups is 1. The highest BCUT2D eigenvalue weighted by molar-refractivity contribution is 5.79. The number of carbonyl (C=O) groups excluding carboxylic acids is 1. The standard InChI is InChI=1S/C12H13F3N6O2/c1-6-4-8(20-2-3-23-7(5-20)9(16)22)21-11(17-6)18-10(19-21)12(13,14)15/h4,7H,2-3,5H2,1H3,(H2,16,22). The zero-order chi connectivity index (χ0) is 16.8. The SMILES string of the molecule is Cc1cc(N2CCOC(C(N)=O)C2)n2nc(C(F)(F)F)nc2n1. The third kappa shape index (κ3) is 2.91. The summed E-state index contributed by atoms with van der Waals surface area (Å²) in [5.41, 5.74) is 5.71. The molecule has 8 nitrogen and oxygen atoms in total. The predicted molar refractivity (Wildman–Crippen MR) is 71.7 cm³/mol. The Bertz CT molecular complexity index is 759. The van der Waals surface area contributed by atoms with Crippen LogP contribution >= 0.6 is 0 Å². The first-order valence-corrected chi connectivity index (χ1v) is 6.73. The number of rotatable bonds is 2. The zero-order valence-electron chi connectivity index (χ0n) is 12.0. The van der Waals surface area contributed by atoms with Crippen molar-refractivity contribution in [3.63, 3.8) is 0 Å². The third-order valence-electron chi connectivity index (χ3n) is 3.38. The molecule has 11 heteroatoms. The number of halogens is 3. The number of alkyl halides is 3. The van der Waals surface area contributed by atoms with Crippen molar-refractivity contribution < 1.29 is 22.7 Å². The molecule has 124 valence electrons. The van der Waals surface area contributed by atoms with Gasteiger partial charge < -0.3 is 15.4 Å². The number of nitrogens with two attached hydrogens (primary N) is 1. The smallest absolute Gasteiger partial charge is 0.367 e. The van der Waals surface area contributed by atoms with Crippen molar-refractivity contribution in [3.8, 4) is 0 Å². The minimum atomic E-state index is -4.67. The Balaban J connectivity index is 2.06. The summed E-state index contributed by atoms with van der Waals surface area (Å²) in [4.78, 5) is 20.3. The lowest BCUT2D eigenvalue weighted by molar-refractivity contribution is -0.144. The van der Waals surface area contributed by atoms with E-state index in [2.05, 4.69) is 15.1 Å². The van der Waals surface area contributed by atoms with Crippen LogP contribution in [-0.4, -0.2) is 51.3 Å². The third-order valence-corrected chi connectivity index (χ3v) is 3.38. The number of hydrogen-bond acceptors (Lipinski definition) is 6. The lowest BCUT2D eigenvalue weighted by Crippen LogP contribution is -2.49. The second kappa shape index (κ2) is 5.33. The van der Waals surface area contributed by atoms with Gasteiger partial charge in [-0.2, -0.15) is 22.7 Å². The maximum absolute atomic E-state index is 12.8. The molecule has 3 heterocycles. The van der Waals surface area contributed by atoms with Crippen LogP contribution in [0.2, 0.25) is 0 Å². The molecule has 2 aromatic rings. The number of morpholine rings is 1. The van der Waals surface area contributed by atoms with Crippen molar-refractivity contribution in [1.82, 2.24) is 19.6 Å². The van der Waals surface area contributed by atoms with Crippen LogP contribution in [0.25, 0.3) is 5.78 Å². The molecule has 0 bridgehead atoms. The lowest BCUT2D eigenvalue weighted by atomic mass is 10.2. The molecule has 1 saturated heterocycles. The van der Waals surface area contributed by atoms with Crippen LogP contribution in [0.1, 0.15) is 11.5 Å². The van der Waals surface area contributed by atoms with Gasteiger partial charge in [0.25, 0.3) is 11.6 Å². The number of aryl methyl sites for hydroxylation is 1. The molecule has 2 N–H and O–H groups in total. The molecule has 2 aromatic heterocycles. The molecule has 0 spiro atoms. The second-order valence-electron chi connectivity index (χ2n) is 5.11. The Kier molecular flexibility index (Phi) is 3.59. The van der Waals surface area contributed by atoms with Gasteiger partial charge in [-0.1, -0.05) is 0 Å². The fraction of sp³-hybridized carbons (Fsp3) is 0.500. The minimum absolute atomic E-state index is 0.120. The molecule has 1 fully saturated rings. The van der Waals surface area contributed by atoms with Crippen LogP contribution in [0.15, 0.2) is 6.07 Å². The van der Waals surface area contributed by atoms with E-state index in [-0.39, 0.29) is 18.9 Å². The molecule has 0 radical (unpaired) electrons. The number of primary amides is 1. The Morgan fingerprint density at radius 2 is 2.17 bits per heavy atom. The Labute approximate surface area is 128 Å². The normalized spacial score (nSPS) is 19.3. The van der Waals surface area contributed by atoms with Crippen LogP contribution in [0, 0.1) is 6.92 Å². The van der Waals surface area contributed by atoms with Crippen LogP contribution in [0.5, 0.6) is 0 Å². The molecule has 0 aromatic carbocycles. The van der Waals surface area contributed by atoms with Gasteiger partial charge in [-0.3, -0.25) is 4.79 Å². The number of aromatic nitrogens is 4. The fourth-order valence-corrected chi connectivity index (χ4v) is 2.34. The van der Waals surface area contributed by atoms with Gasteiger partial charge >= 0.3 is 6.18 Å². The van der Waals surface area contributed by atoms with Gasteiger partial charge in [0.1, 0.15) is 5.82 Å². The maximum atomic E-state index is 12.8. The molecular formula is C12H13F3N6O2. The second-order valence-corrected chi connectivity index (χ2v) is 5.11. The van der Waals surface area contributed by atoms with Crippen molar-refractivity contribution in [2.45, 2.75) is 19.2 Å². The number of nitrogens with zero attached hydrogens (tertiary/aromatic N) is 5. The quantitative estimate of drug-likeness (QED) is 0.841. The molecule has 1 atom stereocenters. The van der Waals surface area contributed by atoms with Crippen LogP contribution in [0.3, 0.4) is 0 Å². The first-order valence-electron chi connectivity index (χ1n) is 6.73. The Hall–Kier alpha value is -2.43. The summed E-state index contributed by atoms with van der Waals surface area (Å²) >= 11 is 0. The largest absolute Gasteiger partial charge is 0.453 e. The maximum Gasteiger partial charge on any atom is 0.453 e. The van der Waals surface area contributed by atoms with Gasteiger partial charge in [0.05, 0.1) is 13.2 Å². The summed E-state index contributed by atoms with van der Waals surface area (Å²) in [6.07, 6.45) is -5.50. The van der Waals surface area contributed by atoms with Crippen molar-refractivity contribution in [3.05, 3.63) is 17.6 Å². The van der Waals surface area contributed by atoms with E-state index in [1.54, 1.807) is 17.9 Å². The van der Waals surface area contributed by atoms with Gasteiger partial charge in [0, 0.05) is 18.3 Å². The molecule has 1 amide bonds. The zero-order valence-corrected chi connectivity index (χ0v) is 12.0. The first kappa shape index (κ1) is 15.5. The lowest BCUT2D eigenvalue weighted by Gasteiger charge is -2.32. The summed E-state index contributed by atoms with van der Waals surface area (Å²) in [6, 6.07) is 1.57. The van der Waals surface area contributed by atoms with E-state index in [1.165, 1.54) is 0 Å². The highest BCUT2D eigenvalue weighted by atomic mass is 19.4. The van der Waals surface area contributed by atoms with Crippen molar-refractivity contribution in [1.29, 1.82) is 0 Å². The summed E-state index contributed by atoms with van der Waals surface area (Å²) in [5, 5.41) is 3.49. The highest BCUT2D eigenvalue weighted by Crippen LogP contribution is 2.28. The van der Waals surface area contributed by atoms with Gasteiger partial charge in [0.2, 0.25) is 5.91 Å². The fourth-order valence-electron chi connectivity index (χ4n) is 2.34. The van der Waals surface area contributed by atoms with E-state index in [9.17, 15) is 18.0 Å². The number of ether oxygens (including phenoxy) is 1. The number of anilines is 1. The van der Waals surface area contributed by atoms with E-state index in [0.717, 1.165) is 4.52 Å². The topological polar surface area (TPSA) is 98.6 Å². The molecular weight excluding hydrogens is 317 g/mol. The monoisotopic (exact) mass is 330 g/mol. The van der Waals surface area contributed by atoms with E-state index in [1.807, 2.05) is 0 Å². The van der Waals surface area contributed by atoms with Gasteiger partial charge in [-0.15, -0.1) is 5.10 Å². The molecule has 0 aliphatic carbocycles. The molecule has 23 heavy (non-hydrogen) atoms. The average Bonchev–Trinajstić information content (AvgIpc) is 2.90. The van der Waals surface area contributed by atoms with Gasteiger partial charge in [-0.05, 0) is 6.92 Å². The molecule has 1 aliphatic rings.